The maximum Gasteiger partial charge on any atom is 0.338 e. The molecule has 0 saturated heterocycles. The molecule has 0 spiro atoms. The normalized spacial score (nSPS) is 13.6. The lowest BCUT2D eigenvalue weighted by atomic mass is 9.97. The van der Waals surface area contributed by atoms with Crippen LogP contribution in [0.5, 0.6) is 0 Å². The average Bonchev–Trinajstić information content (AvgIpc) is 3.15. The number of aryl methyl sites for hydroxylation is 1. The van der Waals surface area contributed by atoms with Gasteiger partial charge >= 0.3 is 12.0 Å². The van der Waals surface area contributed by atoms with Crippen LogP contribution in [0.2, 0.25) is 0 Å². The van der Waals surface area contributed by atoms with E-state index in [4.69, 9.17) is 4.74 Å². The predicted octanol–water partition coefficient (Wildman–Crippen LogP) is 2.32. The molecule has 1 aliphatic rings. The number of nitrogens with one attached hydrogen (secondary N) is 2. The van der Waals surface area contributed by atoms with Gasteiger partial charge in [-0.05, 0) is 57.2 Å². The van der Waals surface area contributed by atoms with Crippen LogP contribution in [0.25, 0.3) is 11.0 Å². The lowest BCUT2D eigenvalue weighted by Gasteiger charge is -2.13. The Morgan fingerprint density at radius 1 is 1.24 bits per heavy atom. The molecule has 0 bridgehead atoms. The zero-order valence-electron chi connectivity index (χ0n) is 16.4. The monoisotopic (exact) mass is 399 g/mol. The van der Waals surface area contributed by atoms with E-state index in [1.54, 1.807) is 22.9 Å². The molecular weight excluding hydrogens is 374 g/mol. The van der Waals surface area contributed by atoms with Gasteiger partial charge in [0, 0.05) is 13.1 Å². The molecule has 3 amide bonds. The van der Waals surface area contributed by atoms with Gasteiger partial charge in [-0.2, -0.15) is 0 Å². The third-order valence-electron chi connectivity index (χ3n) is 4.75. The third-order valence-corrected chi connectivity index (χ3v) is 4.75. The van der Waals surface area contributed by atoms with Crippen molar-refractivity contribution in [2.24, 2.45) is 0 Å². The number of imide groups is 1. The number of hydrogen-bond acceptors (Lipinski definition) is 6. The van der Waals surface area contributed by atoms with E-state index in [1.807, 2.05) is 6.92 Å². The number of ether oxygens (including phenoxy) is 1. The minimum atomic E-state index is -0.689. The summed E-state index contributed by atoms with van der Waals surface area (Å²) in [5, 5.41) is 12.8. The van der Waals surface area contributed by atoms with Crippen molar-refractivity contribution in [1.82, 2.24) is 25.6 Å². The fourth-order valence-corrected chi connectivity index (χ4v) is 3.22. The first kappa shape index (κ1) is 20.5. The van der Waals surface area contributed by atoms with Crippen LogP contribution in [0.15, 0.2) is 29.8 Å². The highest BCUT2D eigenvalue weighted by Crippen LogP contribution is 2.19. The van der Waals surface area contributed by atoms with Crippen LogP contribution in [0, 0.1) is 0 Å². The summed E-state index contributed by atoms with van der Waals surface area (Å²) >= 11 is 0. The molecule has 0 atom stereocenters. The van der Waals surface area contributed by atoms with Crippen LogP contribution in [-0.4, -0.2) is 46.1 Å². The van der Waals surface area contributed by atoms with Gasteiger partial charge in [-0.15, -0.1) is 5.10 Å². The van der Waals surface area contributed by atoms with Crippen molar-refractivity contribution in [3.8, 4) is 0 Å². The number of carbonyl (C=O) groups excluding carboxylic acids is 3. The lowest BCUT2D eigenvalue weighted by molar-refractivity contribution is -0.123. The van der Waals surface area contributed by atoms with Crippen molar-refractivity contribution >= 4 is 28.9 Å². The Bertz CT molecular complexity index is 934. The molecule has 0 saturated carbocycles. The quantitative estimate of drug-likeness (QED) is 0.545. The number of benzene rings is 1. The molecule has 29 heavy (non-hydrogen) atoms. The number of rotatable bonds is 7. The van der Waals surface area contributed by atoms with Gasteiger partial charge in [-0.3, -0.25) is 10.1 Å². The van der Waals surface area contributed by atoms with Crippen LogP contribution in [-0.2, 0) is 16.1 Å². The van der Waals surface area contributed by atoms with Crippen LogP contribution in [0.1, 0.15) is 49.4 Å². The topological polar surface area (TPSA) is 115 Å². The highest BCUT2D eigenvalue weighted by atomic mass is 16.5. The van der Waals surface area contributed by atoms with E-state index in [1.165, 1.54) is 18.4 Å². The van der Waals surface area contributed by atoms with E-state index in [0.717, 1.165) is 24.8 Å². The van der Waals surface area contributed by atoms with Crippen LogP contribution in [0.3, 0.4) is 0 Å². The standard InChI is InChI=1S/C20H25N5O4/c1-2-25-17-9-8-15(12-16(17)23-24-25)19(27)29-13-18(26)22-20(28)21-11-10-14-6-4-3-5-7-14/h6,8-9,12H,2-5,7,10-11,13H2,1H3,(H2,21,22,26,28). The van der Waals surface area contributed by atoms with Crippen molar-refractivity contribution in [2.75, 3.05) is 13.2 Å². The number of urea groups is 1. The van der Waals surface area contributed by atoms with Gasteiger partial charge in [0.1, 0.15) is 5.52 Å². The fraction of sp³-hybridized carbons (Fsp3) is 0.450. The van der Waals surface area contributed by atoms with Crippen LogP contribution in [0.4, 0.5) is 4.79 Å². The first-order chi connectivity index (χ1) is 14.1. The predicted molar refractivity (Wildman–Crippen MR) is 106 cm³/mol. The second-order valence-electron chi connectivity index (χ2n) is 6.85. The Balaban J connectivity index is 1.40. The van der Waals surface area contributed by atoms with E-state index >= 15 is 0 Å². The lowest BCUT2D eigenvalue weighted by Crippen LogP contribution is -2.41. The van der Waals surface area contributed by atoms with Crippen molar-refractivity contribution in [2.45, 2.75) is 45.6 Å². The minimum absolute atomic E-state index is 0.263. The smallest absolute Gasteiger partial charge is 0.338 e. The zero-order chi connectivity index (χ0) is 20.6. The zero-order valence-corrected chi connectivity index (χ0v) is 16.4. The molecule has 9 heteroatoms. The molecule has 1 heterocycles. The SMILES string of the molecule is CCn1nnc2cc(C(=O)OCC(=O)NC(=O)NCCC3=CCCCC3)ccc21. The van der Waals surface area contributed by atoms with Gasteiger partial charge in [0.2, 0.25) is 0 Å². The fourth-order valence-electron chi connectivity index (χ4n) is 3.22. The Kier molecular flexibility index (Phi) is 6.94. The molecule has 9 nitrogen and oxygen atoms in total. The summed E-state index contributed by atoms with van der Waals surface area (Å²) in [5.41, 5.74) is 2.98. The number of hydrogen-bond donors (Lipinski definition) is 2. The number of amides is 3. The number of aromatic nitrogens is 3. The first-order valence-corrected chi connectivity index (χ1v) is 9.82. The minimum Gasteiger partial charge on any atom is -0.452 e. The van der Waals surface area contributed by atoms with Crippen LogP contribution < -0.4 is 10.6 Å². The number of nitrogens with zero attached hydrogens (tertiary/aromatic N) is 3. The van der Waals surface area contributed by atoms with Gasteiger partial charge in [-0.25, -0.2) is 14.3 Å². The second kappa shape index (κ2) is 9.81. The average molecular weight is 399 g/mol. The molecule has 3 rings (SSSR count). The van der Waals surface area contributed by atoms with E-state index in [0.29, 0.717) is 18.6 Å². The molecule has 0 fully saturated rings. The largest absolute Gasteiger partial charge is 0.452 e. The second-order valence-corrected chi connectivity index (χ2v) is 6.85. The molecule has 2 aromatic rings. The Morgan fingerprint density at radius 3 is 2.86 bits per heavy atom. The van der Waals surface area contributed by atoms with Crippen molar-refractivity contribution in [3.05, 3.63) is 35.4 Å². The summed E-state index contributed by atoms with van der Waals surface area (Å²) < 4.78 is 6.69. The summed E-state index contributed by atoms with van der Waals surface area (Å²) in [6.07, 6.45) is 7.56. The Hall–Kier alpha value is -3.23. The molecule has 0 unspecified atom stereocenters. The van der Waals surface area contributed by atoms with Crippen molar-refractivity contribution in [3.63, 3.8) is 0 Å². The first-order valence-electron chi connectivity index (χ1n) is 9.82. The van der Waals surface area contributed by atoms with Gasteiger partial charge in [0.05, 0.1) is 11.1 Å². The summed E-state index contributed by atoms with van der Waals surface area (Å²) in [7, 11) is 0. The Morgan fingerprint density at radius 2 is 2.10 bits per heavy atom. The maximum absolute atomic E-state index is 12.1. The van der Waals surface area contributed by atoms with Gasteiger partial charge in [0.25, 0.3) is 5.91 Å². The summed E-state index contributed by atoms with van der Waals surface area (Å²) in [6, 6.07) is 4.27. The molecule has 1 aromatic carbocycles. The van der Waals surface area contributed by atoms with Gasteiger partial charge < -0.3 is 10.1 Å². The van der Waals surface area contributed by atoms with Crippen LogP contribution >= 0.6 is 0 Å². The number of allylic oxidation sites excluding steroid dienone is 1. The summed E-state index contributed by atoms with van der Waals surface area (Å²) in [5.74, 6) is -1.36. The molecule has 1 aliphatic carbocycles. The maximum atomic E-state index is 12.1. The Labute approximate surface area is 168 Å². The third kappa shape index (κ3) is 5.63. The highest BCUT2D eigenvalue weighted by Gasteiger charge is 2.14. The van der Waals surface area contributed by atoms with Gasteiger partial charge in [-0.1, -0.05) is 16.9 Å². The molecule has 0 aliphatic heterocycles. The molecule has 1 aromatic heterocycles. The molecule has 0 radical (unpaired) electrons. The number of fused-ring (bicyclic) bond motifs is 1. The van der Waals surface area contributed by atoms with Crippen molar-refractivity contribution < 1.29 is 19.1 Å². The highest BCUT2D eigenvalue weighted by molar-refractivity contribution is 5.98. The van der Waals surface area contributed by atoms with Crippen molar-refractivity contribution in [1.29, 1.82) is 0 Å². The van der Waals surface area contributed by atoms with E-state index < -0.39 is 24.5 Å². The summed E-state index contributed by atoms with van der Waals surface area (Å²) in [6.45, 7) is 2.53. The van der Waals surface area contributed by atoms with E-state index in [2.05, 4.69) is 27.0 Å². The molecule has 2 N–H and O–H groups in total. The van der Waals surface area contributed by atoms with Gasteiger partial charge in [0.15, 0.2) is 6.61 Å². The molecule has 154 valence electrons. The number of esters is 1. The number of carbonyl (C=O) groups is 3. The summed E-state index contributed by atoms with van der Waals surface area (Å²) in [4.78, 5) is 35.7. The van der Waals surface area contributed by atoms with E-state index in [-0.39, 0.29) is 5.56 Å². The molecular formula is C20H25N5O4. The van der Waals surface area contributed by atoms with E-state index in [9.17, 15) is 14.4 Å².